The van der Waals surface area contributed by atoms with Gasteiger partial charge in [0.1, 0.15) is 5.78 Å². The zero-order chi connectivity index (χ0) is 14.3. The van der Waals surface area contributed by atoms with Gasteiger partial charge >= 0.3 is 0 Å². The van der Waals surface area contributed by atoms with Crippen LogP contribution in [-0.4, -0.2) is 29.0 Å². The highest BCUT2D eigenvalue weighted by molar-refractivity contribution is 6.06. The summed E-state index contributed by atoms with van der Waals surface area (Å²) in [5.41, 5.74) is 0. The standard InChI is InChI=1S/C16H21NO3/c1-10(18)5-3-2-4-8-17-15(19)13-11-6-7-12(9-11)14(13)16(17)20/h6-7,11-14H,2-5,8-9H2,1H3/t11?,12?,13-,14+. The highest BCUT2D eigenvalue weighted by Crippen LogP contribution is 2.52. The third-order valence-electron chi connectivity index (χ3n) is 4.97. The first-order valence-electron chi connectivity index (χ1n) is 7.62. The fourth-order valence-corrected chi connectivity index (χ4v) is 4.01. The zero-order valence-corrected chi connectivity index (χ0v) is 11.9. The van der Waals surface area contributed by atoms with Gasteiger partial charge in [0.2, 0.25) is 11.8 Å². The molecule has 4 atom stereocenters. The quantitative estimate of drug-likeness (QED) is 0.423. The van der Waals surface area contributed by atoms with E-state index in [-0.39, 0.29) is 29.4 Å². The van der Waals surface area contributed by atoms with E-state index in [1.54, 1.807) is 6.92 Å². The third kappa shape index (κ3) is 2.11. The number of likely N-dealkylation sites (tertiary alicyclic amines) is 1. The Bertz CT molecular complexity index is 452. The number of hydrogen-bond acceptors (Lipinski definition) is 3. The predicted molar refractivity (Wildman–Crippen MR) is 73.6 cm³/mol. The molecular weight excluding hydrogens is 254 g/mol. The smallest absolute Gasteiger partial charge is 0.233 e. The van der Waals surface area contributed by atoms with Gasteiger partial charge in [0.05, 0.1) is 11.8 Å². The molecule has 0 aromatic carbocycles. The lowest BCUT2D eigenvalue weighted by molar-refractivity contribution is -0.140. The van der Waals surface area contributed by atoms with Crippen molar-refractivity contribution in [1.29, 1.82) is 0 Å². The summed E-state index contributed by atoms with van der Waals surface area (Å²) in [7, 11) is 0. The summed E-state index contributed by atoms with van der Waals surface area (Å²) in [5.74, 6) is 0.736. The summed E-state index contributed by atoms with van der Waals surface area (Å²) >= 11 is 0. The fourth-order valence-electron chi connectivity index (χ4n) is 4.01. The number of amides is 2. The molecule has 1 heterocycles. The van der Waals surface area contributed by atoms with Crippen LogP contribution in [0.25, 0.3) is 0 Å². The molecule has 2 fully saturated rings. The highest BCUT2D eigenvalue weighted by Gasteiger charge is 2.58. The van der Waals surface area contributed by atoms with E-state index in [4.69, 9.17) is 0 Å². The first kappa shape index (κ1) is 13.5. The number of allylic oxidation sites excluding steroid dienone is 2. The molecule has 2 amide bonds. The molecular formula is C16H21NO3. The van der Waals surface area contributed by atoms with Crippen LogP contribution >= 0.6 is 0 Å². The van der Waals surface area contributed by atoms with E-state index in [2.05, 4.69) is 12.2 Å². The molecule has 3 rings (SSSR count). The number of nitrogens with zero attached hydrogens (tertiary/aromatic N) is 1. The Kier molecular flexibility index (Phi) is 3.48. The van der Waals surface area contributed by atoms with Crippen molar-refractivity contribution in [2.75, 3.05) is 6.54 Å². The monoisotopic (exact) mass is 275 g/mol. The van der Waals surface area contributed by atoms with Gasteiger partial charge in [-0.3, -0.25) is 14.5 Å². The molecule has 1 aliphatic heterocycles. The van der Waals surface area contributed by atoms with Crippen molar-refractivity contribution in [3.63, 3.8) is 0 Å². The van der Waals surface area contributed by atoms with Crippen molar-refractivity contribution in [2.24, 2.45) is 23.7 Å². The van der Waals surface area contributed by atoms with Crippen LogP contribution in [0.5, 0.6) is 0 Å². The van der Waals surface area contributed by atoms with Crippen LogP contribution in [0.1, 0.15) is 39.0 Å². The molecule has 2 aliphatic carbocycles. The van der Waals surface area contributed by atoms with Gasteiger partial charge in [-0.15, -0.1) is 0 Å². The average Bonchev–Trinajstić information content (AvgIpc) is 3.06. The minimum Gasteiger partial charge on any atom is -0.300 e. The summed E-state index contributed by atoms with van der Waals surface area (Å²) < 4.78 is 0. The molecule has 1 saturated carbocycles. The second kappa shape index (κ2) is 5.15. The van der Waals surface area contributed by atoms with Gasteiger partial charge in [-0.2, -0.15) is 0 Å². The van der Waals surface area contributed by atoms with Crippen molar-refractivity contribution in [3.05, 3.63) is 12.2 Å². The van der Waals surface area contributed by atoms with Crippen molar-refractivity contribution >= 4 is 17.6 Å². The van der Waals surface area contributed by atoms with Crippen molar-refractivity contribution in [1.82, 2.24) is 4.90 Å². The van der Waals surface area contributed by atoms with E-state index < -0.39 is 0 Å². The van der Waals surface area contributed by atoms with Crippen molar-refractivity contribution < 1.29 is 14.4 Å². The van der Waals surface area contributed by atoms with E-state index in [1.807, 2.05) is 0 Å². The Hall–Kier alpha value is -1.45. The largest absolute Gasteiger partial charge is 0.300 e. The summed E-state index contributed by atoms with van der Waals surface area (Å²) in [6, 6.07) is 0. The number of unbranched alkanes of at least 4 members (excludes halogenated alkanes) is 2. The van der Waals surface area contributed by atoms with E-state index in [1.165, 1.54) is 4.90 Å². The van der Waals surface area contributed by atoms with Crippen molar-refractivity contribution in [3.8, 4) is 0 Å². The molecule has 20 heavy (non-hydrogen) atoms. The van der Waals surface area contributed by atoms with Gasteiger partial charge in [0, 0.05) is 13.0 Å². The lowest BCUT2D eigenvalue weighted by Crippen LogP contribution is -2.33. The SMILES string of the molecule is CC(=O)CCCCCN1C(=O)[C@@H]2C3C=CC(C3)[C@@H]2C1=O. The van der Waals surface area contributed by atoms with Crippen LogP contribution < -0.4 is 0 Å². The molecule has 0 spiro atoms. The summed E-state index contributed by atoms with van der Waals surface area (Å²) in [4.78, 5) is 37.1. The Labute approximate surface area is 119 Å². The number of carbonyl (C=O) groups excluding carboxylic acids is 3. The fraction of sp³-hybridized carbons (Fsp3) is 0.688. The lowest BCUT2D eigenvalue weighted by Gasteiger charge is -2.16. The average molecular weight is 275 g/mol. The first-order valence-corrected chi connectivity index (χ1v) is 7.62. The predicted octanol–water partition coefficient (Wildman–Crippen LogP) is 1.94. The Morgan fingerprint density at radius 2 is 1.70 bits per heavy atom. The van der Waals surface area contributed by atoms with Crippen LogP contribution in [0.2, 0.25) is 0 Å². The minimum atomic E-state index is -0.0743. The molecule has 0 aromatic heterocycles. The van der Waals surface area contributed by atoms with Gasteiger partial charge in [-0.25, -0.2) is 0 Å². The Morgan fingerprint density at radius 3 is 2.25 bits per heavy atom. The second-order valence-electron chi connectivity index (χ2n) is 6.34. The molecule has 4 nitrogen and oxygen atoms in total. The summed E-state index contributed by atoms with van der Waals surface area (Å²) in [6.45, 7) is 2.12. The molecule has 2 unspecified atom stereocenters. The normalized spacial score (nSPS) is 34.1. The van der Waals surface area contributed by atoms with Crippen molar-refractivity contribution in [2.45, 2.75) is 39.0 Å². The number of ketones is 1. The molecule has 108 valence electrons. The Balaban J connectivity index is 1.53. The zero-order valence-electron chi connectivity index (χ0n) is 11.9. The van der Waals surface area contributed by atoms with E-state index in [0.717, 1.165) is 25.7 Å². The minimum absolute atomic E-state index is 0.0448. The van der Waals surface area contributed by atoms with E-state index in [0.29, 0.717) is 24.8 Å². The van der Waals surface area contributed by atoms with E-state index >= 15 is 0 Å². The molecule has 0 radical (unpaired) electrons. The van der Waals surface area contributed by atoms with Gasteiger partial charge in [0.15, 0.2) is 0 Å². The van der Waals surface area contributed by atoms with Gasteiger partial charge in [-0.05, 0) is 38.0 Å². The van der Waals surface area contributed by atoms with E-state index in [9.17, 15) is 14.4 Å². The molecule has 2 bridgehead atoms. The molecule has 3 aliphatic rings. The number of imide groups is 1. The lowest BCUT2D eigenvalue weighted by atomic mass is 9.85. The summed E-state index contributed by atoms with van der Waals surface area (Å²) in [5, 5.41) is 0. The molecule has 0 N–H and O–H groups in total. The van der Waals surface area contributed by atoms with Crippen LogP contribution in [0.4, 0.5) is 0 Å². The van der Waals surface area contributed by atoms with Gasteiger partial charge in [0.25, 0.3) is 0 Å². The van der Waals surface area contributed by atoms with Gasteiger partial charge < -0.3 is 4.79 Å². The molecule has 1 saturated heterocycles. The van der Waals surface area contributed by atoms with Crippen LogP contribution in [0, 0.1) is 23.7 Å². The number of Topliss-reactive ketones (excluding diaryl/α,β-unsaturated/α-hetero) is 1. The maximum atomic E-state index is 12.4. The maximum absolute atomic E-state index is 12.4. The highest BCUT2D eigenvalue weighted by atomic mass is 16.2. The van der Waals surface area contributed by atoms with Crippen LogP contribution in [0.3, 0.4) is 0 Å². The second-order valence-corrected chi connectivity index (χ2v) is 6.34. The topological polar surface area (TPSA) is 54.5 Å². The first-order chi connectivity index (χ1) is 9.59. The number of carbonyl (C=O) groups is 3. The van der Waals surface area contributed by atoms with Gasteiger partial charge in [-0.1, -0.05) is 18.6 Å². The van der Waals surface area contributed by atoms with Crippen LogP contribution in [-0.2, 0) is 14.4 Å². The van der Waals surface area contributed by atoms with Crippen LogP contribution in [0.15, 0.2) is 12.2 Å². The maximum Gasteiger partial charge on any atom is 0.233 e. The number of fused-ring (bicyclic) bond motifs is 5. The Morgan fingerprint density at radius 1 is 1.10 bits per heavy atom. The number of rotatable bonds is 6. The summed E-state index contributed by atoms with van der Waals surface area (Å²) in [6.07, 6.45) is 8.39. The third-order valence-corrected chi connectivity index (χ3v) is 4.97. The number of hydrogen-bond donors (Lipinski definition) is 0. The molecule has 0 aromatic rings. The molecule has 4 heteroatoms.